The van der Waals surface area contributed by atoms with Gasteiger partial charge >= 0.3 is 0 Å². The molecule has 70 heavy (non-hydrogen) atoms. The van der Waals surface area contributed by atoms with Gasteiger partial charge in [-0.05, 0) is 72.7 Å². The Balaban J connectivity index is 0.000000209. The zero-order valence-corrected chi connectivity index (χ0v) is 43.4. The summed E-state index contributed by atoms with van der Waals surface area (Å²) in [6.45, 7) is 14.1. The molecule has 4 aliphatic heterocycles. The summed E-state index contributed by atoms with van der Waals surface area (Å²) < 4.78 is 21.9. The number of halogens is 1. The molecule has 1 aromatic heterocycles. The van der Waals surface area contributed by atoms with Gasteiger partial charge in [-0.1, -0.05) is 53.3 Å². The second-order valence-corrected chi connectivity index (χ2v) is 19.5. The molecule has 0 aliphatic carbocycles. The fourth-order valence-electron chi connectivity index (χ4n) is 7.92. The van der Waals surface area contributed by atoms with Crippen molar-refractivity contribution >= 4 is 80.4 Å². The molecule has 3 fully saturated rings. The van der Waals surface area contributed by atoms with Crippen LogP contribution in [0.15, 0.2) is 84.0 Å². The quantitative estimate of drug-likeness (QED) is 0.0263. The van der Waals surface area contributed by atoms with Crippen molar-refractivity contribution in [1.82, 2.24) is 24.6 Å². The zero-order chi connectivity index (χ0) is 50.7. The average molecular weight is 1020 g/mol. The molecule has 0 spiro atoms. The van der Waals surface area contributed by atoms with Gasteiger partial charge in [0, 0.05) is 125 Å². The first-order chi connectivity index (χ1) is 34.0. The summed E-state index contributed by atoms with van der Waals surface area (Å²) in [5.74, 6) is 4.02. The molecule has 16 nitrogen and oxygen atoms in total. The van der Waals surface area contributed by atoms with E-state index in [0.29, 0.717) is 60.7 Å². The van der Waals surface area contributed by atoms with E-state index in [1.807, 2.05) is 41.3 Å². The summed E-state index contributed by atoms with van der Waals surface area (Å²) >= 11 is 6.12. The number of carboxylic acid groups (broad SMARTS) is 1. The van der Waals surface area contributed by atoms with Crippen LogP contribution in [0.4, 0.5) is 11.4 Å². The fourth-order valence-corrected chi connectivity index (χ4v) is 10.1. The normalized spacial score (nSPS) is 16.3. The number of alkyl halides is 1. The van der Waals surface area contributed by atoms with Crippen molar-refractivity contribution in [3.63, 3.8) is 0 Å². The van der Waals surface area contributed by atoms with Crippen molar-refractivity contribution in [2.75, 3.05) is 129 Å². The first-order valence-electron chi connectivity index (χ1n) is 23.3. The number of carbonyl (C=O) groups is 4. The number of fused-ring (bicyclic) bond motifs is 3. The van der Waals surface area contributed by atoms with Gasteiger partial charge in [0.05, 0.1) is 39.7 Å². The summed E-state index contributed by atoms with van der Waals surface area (Å²) in [5.41, 5.74) is 10.5. The van der Waals surface area contributed by atoms with Gasteiger partial charge in [-0.15, -0.1) is 11.6 Å². The van der Waals surface area contributed by atoms with E-state index in [9.17, 15) is 14.4 Å². The minimum Gasteiger partial charge on any atom is -0.496 e. The maximum Gasteiger partial charge on any atom is 0.290 e. The molecule has 1 unspecified atom stereocenters. The van der Waals surface area contributed by atoms with E-state index in [2.05, 4.69) is 64.6 Å². The summed E-state index contributed by atoms with van der Waals surface area (Å²) in [6, 6.07) is 19.8. The Bertz CT molecular complexity index is 2230. The second-order valence-electron chi connectivity index (χ2n) is 16.7. The lowest BCUT2D eigenvalue weighted by Crippen LogP contribution is -2.43. The maximum absolute atomic E-state index is 12.6. The number of nitrogens with two attached hydrogens (primary N) is 1. The third-order valence-corrected chi connectivity index (χ3v) is 14.4. The van der Waals surface area contributed by atoms with Crippen LogP contribution in [0.5, 0.6) is 17.2 Å². The summed E-state index contributed by atoms with van der Waals surface area (Å²) in [6.07, 6.45) is 7.71. The van der Waals surface area contributed by atoms with Gasteiger partial charge in [-0.2, -0.15) is 0 Å². The number of nitrogen functional groups attached to an aromatic ring is 1. The number of carbonyl (C=O) groups excluding carboxylic acids is 3. The van der Waals surface area contributed by atoms with Gasteiger partial charge in [0.15, 0.2) is 11.5 Å². The van der Waals surface area contributed by atoms with Crippen LogP contribution in [0.2, 0.25) is 0 Å². The van der Waals surface area contributed by atoms with Crippen LogP contribution < -0.4 is 24.8 Å². The standard InChI is InChI=1S/C19H26N2O4.C15H16ClNO.C10H14N2OS2.C6H12N2O.CH2O2/c1-14-7-8-21(13-14)19(23)15-11-17(24-2)18(12-16(15)20)25-10-6-4-3-5-9-22;1-17-9-10(8-16)15-12-6-4-3-5-11(12)14(18-2)7-13(15)17;1-2-4-11-10(3-1)15-14-8-6-12-5-7-13-9-12;1-7-2-4-8(6-9)5-3-7;2-1-3/h9,11-12H,1,3-8,10,13,20H2,2H3;3-7,10H,8-9H2,1-2H3;1-4H,5-9H2;6H,2-5H2,1H3;1H,(H,2,3). The monoisotopic (exact) mass is 1020 g/mol. The molecule has 8 rings (SSSR count). The third-order valence-electron chi connectivity index (χ3n) is 11.8. The van der Waals surface area contributed by atoms with Gasteiger partial charge < -0.3 is 54.2 Å². The van der Waals surface area contributed by atoms with E-state index in [4.69, 9.17) is 46.2 Å². The Labute approximate surface area is 426 Å². The zero-order valence-electron chi connectivity index (χ0n) is 41.0. The molecule has 382 valence electrons. The van der Waals surface area contributed by atoms with Crippen LogP contribution in [-0.4, -0.2) is 174 Å². The van der Waals surface area contributed by atoms with Crippen LogP contribution in [0.1, 0.15) is 53.9 Å². The maximum atomic E-state index is 12.6. The Kier molecular flexibility index (Phi) is 26.1. The highest BCUT2D eigenvalue weighted by Gasteiger charge is 2.29. The number of methoxy groups -OCH3 is 2. The number of likely N-dealkylation sites (N-methyl/N-ethyl adjacent to an activating group) is 2. The number of ether oxygens (including phenoxy) is 4. The predicted octanol–water partition coefficient (Wildman–Crippen LogP) is 7.64. The van der Waals surface area contributed by atoms with Crippen molar-refractivity contribution in [1.29, 1.82) is 0 Å². The van der Waals surface area contributed by atoms with Crippen LogP contribution in [0.25, 0.3) is 10.8 Å². The molecule has 0 saturated carbocycles. The van der Waals surface area contributed by atoms with E-state index in [1.165, 1.54) is 29.1 Å². The Morgan fingerprint density at radius 3 is 2.29 bits per heavy atom. The lowest BCUT2D eigenvalue weighted by Gasteiger charge is -2.29. The molecule has 4 aliphatic rings. The number of hydrogen-bond acceptors (Lipinski definition) is 15. The average Bonchev–Trinajstić information content (AvgIpc) is 4.15. The van der Waals surface area contributed by atoms with Crippen LogP contribution in [0, 0.1) is 0 Å². The molecule has 2 amide bonds. The molecule has 3 saturated heterocycles. The number of piperazine rings is 1. The number of aldehydes is 1. The van der Waals surface area contributed by atoms with E-state index in [1.54, 1.807) is 39.8 Å². The van der Waals surface area contributed by atoms with Gasteiger partial charge in [0.1, 0.15) is 17.1 Å². The molecule has 0 radical (unpaired) electrons. The Morgan fingerprint density at radius 1 is 0.943 bits per heavy atom. The van der Waals surface area contributed by atoms with Crippen molar-refractivity contribution in [3.05, 3.63) is 90.1 Å². The number of aromatic nitrogens is 1. The first kappa shape index (κ1) is 57.3. The van der Waals surface area contributed by atoms with Gasteiger partial charge in [0.2, 0.25) is 6.41 Å². The summed E-state index contributed by atoms with van der Waals surface area (Å²) in [7, 11) is 11.0. The van der Waals surface area contributed by atoms with Gasteiger partial charge in [-0.3, -0.25) is 19.3 Å². The Morgan fingerprint density at radius 2 is 1.67 bits per heavy atom. The predicted molar refractivity (Wildman–Crippen MR) is 283 cm³/mol. The van der Waals surface area contributed by atoms with Crippen molar-refractivity contribution in [2.45, 2.75) is 43.0 Å². The molecular formula is C51H70ClN7O9S2. The van der Waals surface area contributed by atoms with Crippen molar-refractivity contribution in [3.8, 4) is 17.2 Å². The van der Waals surface area contributed by atoms with Gasteiger partial charge in [0.25, 0.3) is 12.4 Å². The smallest absolute Gasteiger partial charge is 0.290 e. The first-order valence-corrected chi connectivity index (χ1v) is 26.2. The van der Waals surface area contributed by atoms with E-state index >= 15 is 0 Å². The van der Waals surface area contributed by atoms with E-state index < -0.39 is 0 Å². The lowest BCUT2D eigenvalue weighted by atomic mass is 9.95. The van der Waals surface area contributed by atoms with Crippen molar-refractivity contribution < 1.29 is 43.2 Å². The number of nitrogens with zero attached hydrogens (tertiary/aromatic N) is 6. The number of pyridine rings is 1. The minimum absolute atomic E-state index is 0.116. The van der Waals surface area contributed by atoms with Crippen LogP contribution in [-0.2, 0) is 19.1 Å². The molecule has 1 atom stereocenters. The van der Waals surface area contributed by atoms with Crippen LogP contribution in [0.3, 0.4) is 0 Å². The Hall–Kier alpha value is -5.24. The SMILES string of the molecule is C=C1CCN(C(=O)c2cc(OC)c(OCCCCCC=O)cc2N)C1.CN1CCN(C=O)CC1.COc1cc2c(c3ccccc13)C(CCl)CN2C.O=CO.c1ccc(SSCCN2CCOC2)nc1. The number of amides is 2. The minimum atomic E-state index is -0.250. The molecule has 19 heteroatoms. The number of likely N-dealkylation sites (tertiary alicyclic amines) is 1. The molecule has 4 aromatic rings. The molecular weight excluding hydrogens is 954 g/mol. The summed E-state index contributed by atoms with van der Waals surface area (Å²) in [5, 5.41) is 10.4. The summed E-state index contributed by atoms with van der Waals surface area (Å²) in [4.78, 5) is 56.1. The number of benzene rings is 3. The highest BCUT2D eigenvalue weighted by Crippen LogP contribution is 2.44. The van der Waals surface area contributed by atoms with E-state index in [-0.39, 0.29) is 12.4 Å². The second kappa shape index (κ2) is 31.9. The molecule has 3 aromatic carbocycles. The lowest BCUT2D eigenvalue weighted by molar-refractivity contribution is -0.123. The molecule has 3 N–H and O–H groups in total. The topological polar surface area (TPSA) is 181 Å². The number of rotatable bonds is 17. The molecule has 5 heterocycles. The number of unbranched alkanes of at least 4 members (excludes halogenated alkanes) is 3. The highest BCUT2D eigenvalue weighted by atomic mass is 35.5. The molecule has 0 bridgehead atoms. The fraction of sp³-hybridized carbons (Fsp3) is 0.471. The number of hydrogen-bond donors (Lipinski definition) is 2. The van der Waals surface area contributed by atoms with E-state index in [0.717, 1.165) is 120 Å². The largest absolute Gasteiger partial charge is 0.496 e. The van der Waals surface area contributed by atoms with Gasteiger partial charge in [-0.25, -0.2) is 4.98 Å². The van der Waals surface area contributed by atoms with Crippen LogP contribution >= 0.6 is 33.2 Å². The third kappa shape index (κ3) is 18.2. The number of anilines is 2. The van der Waals surface area contributed by atoms with Crippen molar-refractivity contribution in [2.24, 2.45) is 0 Å². The highest BCUT2D eigenvalue weighted by molar-refractivity contribution is 8.76.